The first-order valence-electron chi connectivity index (χ1n) is 5.41. The van der Waals surface area contributed by atoms with Crippen LogP contribution in [0, 0.1) is 11.3 Å². The Morgan fingerprint density at radius 1 is 1.53 bits per heavy atom. The number of pyridine rings is 1. The molecule has 2 rings (SSSR count). The van der Waals surface area contributed by atoms with E-state index in [9.17, 15) is 0 Å². The number of aromatic nitrogens is 1. The molecule has 4 heteroatoms. The highest BCUT2D eigenvalue weighted by Gasteiger charge is 2.05. The molecule has 0 spiro atoms. The average molecular weight is 243 g/mol. The van der Waals surface area contributed by atoms with Gasteiger partial charge in [-0.15, -0.1) is 0 Å². The highest BCUT2D eigenvalue weighted by molar-refractivity contribution is 7.07. The van der Waals surface area contributed by atoms with E-state index in [-0.39, 0.29) is 0 Å². The minimum absolute atomic E-state index is 0.297. The molecule has 0 aromatic carbocycles. The largest absolute Gasteiger partial charge is 0.367 e. The third-order valence-electron chi connectivity index (χ3n) is 2.41. The molecule has 2 aromatic heterocycles. The molecule has 2 aromatic rings. The van der Waals surface area contributed by atoms with Gasteiger partial charge in [0.2, 0.25) is 0 Å². The van der Waals surface area contributed by atoms with Crippen LogP contribution in [0.3, 0.4) is 0 Å². The fourth-order valence-corrected chi connectivity index (χ4v) is 2.33. The van der Waals surface area contributed by atoms with Crippen LogP contribution >= 0.6 is 11.3 Å². The Morgan fingerprint density at radius 2 is 2.41 bits per heavy atom. The van der Waals surface area contributed by atoms with E-state index in [1.807, 2.05) is 0 Å². The van der Waals surface area contributed by atoms with Crippen LogP contribution in [0.25, 0.3) is 0 Å². The summed E-state index contributed by atoms with van der Waals surface area (Å²) in [5.41, 5.74) is 1.96. The van der Waals surface area contributed by atoms with Crippen molar-refractivity contribution in [2.75, 3.05) is 5.32 Å². The van der Waals surface area contributed by atoms with Crippen molar-refractivity contribution in [3.63, 3.8) is 0 Å². The predicted octanol–water partition coefficient (Wildman–Crippen LogP) is 3.06. The Labute approximate surface area is 105 Å². The van der Waals surface area contributed by atoms with Crippen LogP contribution in [0.2, 0.25) is 0 Å². The second-order valence-electron chi connectivity index (χ2n) is 3.92. The second kappa shape index (κ2) is 5.46. The summed E-state index contributed by atoms with van der Waals surface area (Å²) in [5, 5.41) is 16.3. The van der Waals surface area contributed by atoms with Crippen LogP contribution in [-0.4, -0.2) is 11.0 Å². The summed E-state index contributed by atoms with van der Waals surface area (Å²) >= 11 is 1.71. The lowest BCUT2D eigenvalue weighted by Crippen LogP contribution is -2.18. The quantitative estimate of drug-likeness (QED) is 0.897. The second-order valence-corrected chi connectivity index (χ2v) is 4.70. The maximum atomic E-state index is 8.80. The number of thiophene rings is 1. The fraction of sp³-hybridized carbons (Fsp3) is 0.231. The molecule has 0 aliphatic carbocycles. The third-order valence-corrected chi connectivity index (χ3v) is 3.14. The highest BCUT2D eigenvalue weighted by atomic mass is 32.1. The molecule has 86 valence electrons. The number of nitrogens with one attached hydrogen (secondary N) is 1. The zero-order valence-corrected chi connectivity index (χ0v) is 10.4. The van der Waals surface area contributed by atoms with Crippen LogP contribution < -0.4 is 5.32 Å². The topological polar surface area (TPSA) is 48.7 Å². The van der Waals surface area contributed by atoms with Gasteiger partial charge in [0.05, 0.1) is 11.6 Å². The Balaban J connectivity index is 1.98. The molecule has 1 N–H and O–H groups in total. The zero-order chi connectivity index (χ0) is 12.1. The molecule has 0 saturated carbocycles. The van der Waals surface area contributed by atoms with E-state index >= 15 is 0 Å². The van der Waals surface area contributed by atoms with E-state index in [4.69, 9.17) is 5.26 Å². The number of hydrogen-bond donors (Lipinski definition) is 1. The Bertz CT molecular complexity index is 514. The van der Waals surface area contributed by atoms with Crippen LogP contribution in [0.4, 0.5) is 5.82 Å². The van der Waals surface area contributed by atoms with Crippen LogP contribution in [-0.2, 0) is 6.42 Å². The summed E-state index contributed by atoms with van der Waals surface area (Å²) in [6.45, 7) is 2.11. The number of hydrogen-bond acceptors (Lipinski definition) is 4. The van der Waals surface area contributed by atoms with Crippen molar-refractivity contribution in [3.05, 3.63) is 46.3 Å². The molecule has 0 saturated heterocycles. The van der Waals surface area contributed by atoms with Crippen molar-refractivity contribution < 1.29 is 0 Å². The van der Waals surface area contributed by atoms with Crippen LogP contribution in [0.1, 0.15) is 18.1 Å². The van der Waals surface area contributed by atoms with Gasteiger partial charge in [0.25, 0.3) is 0 Å². The molecule has 3 nitrogen and oxygen atoms in total. The lowest BCUT2D eigenvalue weighted by molar-refractivity contribution is 0.787. The molecule has 0 bridgehead atoms. The van der Waals surface area contributed by atoms with Crippen molar-refractivity contribution >= 4 is 17.2 Å². The third kappa shape index (κ3) is 3.30. The molecule has 0 amide bonds. The van der Waals surface area contributed by atoms with Crippen molar-refractivity contribution in [1.82, 2.24) is 4.98 Å². The summed E-state index contributed by atoms with van der Waals surface area (Å²) in [5.74, 6) is 0.756. The summed E-state index contributed by atoms with van der Waals surface area (Å²) in [4.78, 5) is 4.20. The van der Waals surface area contributed by atoms with Gasteiger partial charge in [-0.2, -0.15) is 16.6 Å². The first kappa shape index (κ1) is 11.6. The van der Waals surface area contributed by atoms with Gasteiger partial charge in [-0.1, -0.05) is 0 Å². The highest BCUT2D eigenvalue weighted by Crippen LogP contribution is 2.12. The lowest BCUT2D eigenvalue weighted by atomic mass is 10.1. The molecular weight excluding hydrogens is 230 g/mol. The van der Waals surface area contributed by atoms with E-state index < -0.39 is 0 Å². The maximum Gasteiger partial charge on any atom is 0.127 e. The van der Waals surface area contributed by atoms with Gasteiger partial charge in [0.1, 0.15) is 5.82 Å². The molecule has 0 fully saturated rings. The number of nitrogens with zero attached hydrogens (tertiary/aromatic N) is 2. The standard InChI is InChI=1S/C13H13N3S/c1-10(6-12-3-5-17-9-12)16-13-7-11(8-14)2-4-15-13/h2-5,7,9-10H,6H2,1H3,(H,15,16). The van der Waals surface area contributed by atoms with E-state index in [0.29, 0.717) is 11.6 Å². The molecule has 1 unspecified atom stereocenters. The summed E-state index contributed by atoms with van der Waals surface area (Å²) in [6, 6.07) is 8.00. The van der Waals surface area contributed by atoms with E-state index in [2.05, 4.69) is 40.1 Å². The first-order valence-corrected chi connectivity index (χ1v) is 6.36. The van der Waals surface area contributed by atoms with E-state index in [0.717, 1.165) is 12.2 Å². The van der Waals surface area contributed by atoms with Gasteiger partial charge in [-0.25, -0.2) is 4.98 Å². The van der Waals surface area contributed by atoms with Gasteiger partial charge in [0.15, 0.2) is 0 Å². The number of anilines is 1. The van der Waals surface area contributed by atoms with Gasteiger partial charge in [-0.05, 0) is 47.9 Å². The normalized spacial score (nSPS) is 11.8. The molecule has 1 atom stereocenters. The van der Waals surface area contributed by atoms with Crippen molar-refractivity contribution in [3.8, 4) is 6.07 Å². The van der Waals surface area contributed by atoms with Crippen LogP contribution in [0.15, 0.2) is 35.2 Å². The SMILES string of the molecule is CC(Cc1ccsc1)Nc1cc(C#N)ccn1. The molecule has 2 heterocycles. The number of rotatable bonds is 4. The Morgan fingerprint density at radius 3 is 3.12 bits per heavy atom. The minimum Gasteiger partial charge on any atom is -0.367 e. The smallest absolute Gasteiger partial charge is 0.127 e. The Hall–Kier alpha value is -1.86. The van der Waals surface area contributed by atoms with Crippen molar-refractivity contribution in [1.29, 1.82) is 5.26 Å². The fourth-order valence-electron chi connectivity index (χ4n) is 1.64. The molecular formula is C13H13N3S. The molecule has 17 heavy (non-hydrogen) atoms. The molecule has 0 radical (unpaired) electrons. The first-order chi connectivity index (χ1) is 8.28. The van der Waals surface area contributed by atoms with Gasteiger partial charge in [-0.3, -0.25) is 0 Å². The van der Waals surface area contributed by atoms with Gasteiger partial charge < -0.3 is 5.32 Å². The van der Waals surface area contributed by atoms with E-state index in [1.165, 1.54) is 5.56 Å². The molecule has 0 aliphatic rings. The predicted molar refractivity (Wildman–Crippen MR) is 70.1 cm³/mol. The summed E-state index contributed by atoms with van der Waals surface area (Å²) in [6.07, 6.45) is 2.61. The van der Waals surface area contributed by atoms with Crippen molar-refractivity contribution in [2.45, 2.75) is 19.4 Å². The summed E-state index contributed by atoms with van der Waals surface area (Å²) in [7, 11) is 0. The lowest BCUT2D eigenvalue weighted by Gasteiger charge is -2.13. The van der Waals surface area contributed by atoms with Crippen molar-refractivity contribution in [2.24, 2.45) is 0 Å². The Kier molecular flexibility index (Phi) is 3.73. The zero-order valence-electron chi connectivity index (χ0n) is 9.55. The average Bonchev–Trinajstić information content (AvgIpc) is 2.82. The number of nitriles is 1. The summed E-state index contributed by atoms with van der Waals surface area (Å²) < 4.78 is 0. The monoisotopic (exact) mass is 243 g/mol. The van der Waals surface area contributed by atoms with Gasteiger partial charge >= 0.3 is 0 Å². The van der Waals surface area contributed by atoms with Gasteiger partial charge in [0, 0.05) is 12.2 Å². The molecule has 0 aliphatic heterocycles. The van der Waals surface area contributed by atoms with Crippen LogP contribution in [0.5, 0.6) is 0 Å². The minimum atomic E-state index is 0.297. The van der Waals surface area contributed by atoms with E-state index in [1.54, 1.807) is 29.7 Å². The maximum absolute atomic E-state index is 8.80.